The van der Waals surface area contributed by atoms with Gasteiger partial charge < -0.3 is 15.4 Å². The zero-order valence-electron chi connectivity index (χ0n) is 19.6. The lowest BCUT2D eigenvalue weighted by atomic mass is 10.0. The summed E-state index contributed by atoms with van der Waals surface area (Å²) in [5.41, 5.74) is 0.330. The highest BCUT2D eigenvalue weighted by atomic mass is 32.2. The van der Waals surface area contributed by atoms with Crippen molar-refractivity contribution in [2.24, 2.45) is 10.9 Å². The van der Waals surface area contributed by atoms with Crippen LogP contribution in [0.25, 0.3) is 0 Å². The maximum atomic E-state index is 13.2. The van der Waals surface area contributed by atoms with Gasteiger partial charge in [0.2, 0.25) is 11.8 Å². The van der Waals surface area contributed by atoms with Gasteiger partial charge in [0.25, 0.3) is 0 Å². The third-order valence-electron chi connectivity index (χ3n) is 5.49. The number of pyridine rings is 1. The Morgan fingerprint density at radius 2 is 2.09 bits per heavy atom. The van der Waals surface area contributed by atoms with E-state index in [9.17, 15) is 14.4 Å². The van der Waals surface area contributed by atoms with Crippen LogP contribution in [-0.4, -0.2) is 51.2 Å². The van der Waals surface area contributed by atoms with Crippen LogP contribution in [-0.2, 0) is 25.7 Å². The van der Waals surface area contributed by atoms with Gasteiger partial charge in [-0.25, -0.2) is 9.78 Å². The lowest BCUT2D eigenvalue weighted by Crippen LogP contribution is -2.53. The maximum absolute atomic E-state index is 13.2. The molecule has 2 N–H and O–H groups in total. The molecule has 0 fully saturated rings. The van der Waals surface area contributed by atoms with Crippen LogP contribution in [0.5, 0.6) is 0 Å². The number of nitrogens with zero attached hydrogens (tertiary/aromatic N) is 2. The molecule has 0 aromatic carbocycles. The maximum Gasteiger partial charge on any atom is 0.329 e. The molecule has 4 bridgehead atoms. The molecule has 3 atom stereocenters. The summed E-state index contributed by atoms with van der Waals surface area (Å²) in [6.45, 7) is 7.73. The summed E-state index contributed by atoms with van der Waals surface area (Å²) in [5.74, 6) is -0.902. The average Bonchev–Trinajstić information content (AvgIpc) is 3.19. The number of thioether (sulfide) groups is 1. The van der Waals surface area contributed by atoms with Gasteiger partial charge in [0.1, 0.15) is 22.7 Å². The number of unbranched alkanes of at least 4 members (excludes halogenated alkanes) is 1. The number of hydrogen-bond donors (Lipinski definition) is 2. The fraction of sp³-hybridized carbons (Fsp3) is 0.542. The van der Waals surface area contributed by atoms with E-state index in [1.165, 1.54) is 11.8 Å². The van der Waals surface area contributed by atoms with E-state index in [-0.39, 0.29) is 30.7 Å². The normalized spacial score (nSPS) is 26.7. The summed E-state index contributed by atoms with van der Waals surface area (Å²) < 4.78 is 5.69. The van der Waals surface area contributed by atoms with Gasteiger partial charge in [-0.3, -0.25) is 14.6 Å². The van der Waals surface area contributed by atoms with E-state index in [1.54, 1.807) is 13.0 Å². The Morgan fingerprint density at radius 1 is 1.30 bits per heavy atom. The van der Waals surface area contributed by atoms with Crippen LogP contribution in [0.3, 0.4) is 0 Å². The number of aliphatic imine (C=N–C) groups is 1. The van der Waals surface area contributed by atoms with Crippen molar-refractivity contribution in [1.29, 1.82) is 0 Å². The molecule has 33 heavy (non-hydrogen) atoms. The lowest BCUT2D eigenvalue weighted by molar-refractivity contribution is -0.153. The van der Waals surface area contributed by atoms with Gasteiger partial charge in [0, 0.05) is 5.75 Å². The molecule has 1 unspecified atom stereocenters. The van der Waals surface area contributed by atoms with E-state index < -0.39 is 23.7 Å². The van der Waals surface area contributed by atoms with Crippen LogP contribution in [0.1, 0.15) is 58.3 Å². The second-order valence-electron chi connectivity index (χ2n) is 8.86. The number of esters is 1. The number of nitrogens with one attached hydrogen (secondary N) is 2. The van der Waals surface area contributed by atoms with Crippen LogP contribution in [0, 0.1) is 5.92 Å². The Hall–Kier alpha value is -2.68. The monoisotopic (exact) mass is 472 g/mol. The van der Waals surface area contributed by atoms with E-state index in [0.717, 1.165) is 12.8 Å². The van der Waals surface area contributed by atoms with Crippen molar-refractivity contribution in [2.75, 3.05) is 5.75 Å². The van der Waals surface area contributed by atoms with E-state index in [1.807, 2.05) is 45.0 Å². The zero-order valence-corrected chi connectivity index (χ0v) is 20.4. The van der Waals surface area contributed by atoms with Gasteiger partial charge >= 0.3 is 5.97 Å². The molecule has 0 saturated heterocycles. The van der Waals surface area contributed by atoms with Gasteiger partial charge in [-0.1, -0.05) is 39.3 Å². The van der Waals surface area contributed by atoms with Crippen LogP contribution < -0.4 is 10.6 Å². The Balaban J connectivity index is 1.95. The van der Waals surface area contributed by atoms with Crippen LogP contribution in [0.15, 0.2) is 35.3 Å². The van der Waals surface area contributed by atoms with Crippen molar-refractivity contribution in [3.8, 4) is 0 Å². The average molecular weight is 473 g/mol. The minimum Gasteiger partial charge on any atom is -0.456 e. The second kappa shape index (κ2) is 11.0. The van der Waals surface area contributed by atoms with E-state index >= 15 is 0 Å². The van der Waals surface area contributed by atoms with E-state index in [4.69, 9.17) is 4.74 Å². The molecule has 0 spiro atoms. The highest BCUT2D eigenvalue weighted by Gasteiger charge is 2.41. The quantitative estimate of drug-likeness (QED) is 0.515. The summed E-state index contributed by atoms with van der Waals surface area (Å²) >= 11 is 1.45. The van der Waals surface area contributed by atoms with Gasteiger partial charge in [0.15, 0.2) is 0 Å². The zero-order chi connectivity index (χ0) is 24.0. The molecule has 3 heterocycles. The number of carbonyl (C=O) groups excluding carboxylic acids is 3. The first-order valence-electron chi connectivity index (χ1n) is 11.4. The Kier molecular flexibility index (Phi) is 8.29. The van der Waals surface area contributed by atoms with E-state index in [2.05, 4.69) is 20.6 Å². The molecule has 9 heteroatoms. The molecule has 178 valence electrons. The van der Waals surface area contributed by atoms with Gasteiger partial charge in [0.05, 0.1) is 24.4 Å². The molecular formula is C24H32N4O4S. The van der Waals surface area contributed by atoms with E-state index in [0.29, 0.717) is 22.2 Å². The van der Waals surface area contributed by atoms with Crippen molar-refractivity contribution in [1.82, 2.24) is 15.6 Å². The molecule has 2 amide bonds. The number of cyclic esters (lactones) is 1. The minimum absolute atomic E-state index is 0.00924. The SMILES string of the molecule is CCC/C=C/[C@@H]1CC(=O)NCc2cccc(n2)C2=N[C@@](C)(CS2)C(=O)NC(C(C)C)C(=O)O1. The van der Waals surface area contributed by atoms with Crippen molar-refractivity contribution in [3.05, 3.63) is 41.7 Å². The number of aromatic nitrogens is 1. The van der Waals surface area contributed by atoms with Gasteiger partial charge in [-0.15, -0.1) is 11.8 Å². The third kappa shape index (κ3) is 6.43. The highest BCUT2D eigenvalue weighted by Crippen LogP contribution is 2.31. The largest absolute Gasteiger partial charge is 0.456 e. The van der Waals surface area contributed by atoms with Crippen LogP contribution >= 0.6 is 11.8 Å². The number of fused-ring (bicyclic) bond motifs is 4. The van der Waals surface area contributed by atoms with Crippen molar-refractivity contribution in [2.45, 2.75) is 71.2 Å². The molecule has 3 rings (SSSR count). The van der Waals surface area contributed by atoms with Crippen molar-refractivity contribution >= 4 is 34.6 Å². The number of hydrogen-bond acceptors (Lipinski definition) is 7. The minimum atomic E-state index is -1.02. The number of amides is 2. The summed E-state index contributed by atoms with van der Waals surface area (Å²) in [6, 6.07) is 4.68. The standard InChI is InChI=1S/C24H32N4O4S/c1-5-6-7-10-17-12-19(29)25-13-16-9-8-11-18(26-16)21-28-24(4,14-33-21)23(31)27-20(15(2)3)22(30)32-17/h7-11,15,17,20H,5-6,12-14H2,1-4H3,(H,25,29)(H,27,31)/b10-7+/t17-,20?,24+/m1/s1. The van der Waals surface area contributed by atoms with Crippen LogP contribution in [0.2, 0.25) is 0 Å². The summed E-state index contributed by atoms with van der Waals surface area (Å²) in [7, 11) is 0. The molecule has 0 aliphatic carbocycles. The molecule has 1 aromatic rings. The molecular weight excluding hydrogens is 440 g/mol. The number of ether oxygens (including phenoxy) is 1. The molecule has 8 nitrogen and oxygen atoms in total. The number of allylic oxidation sites excluding steroid dienone is 1. The Labute approximate surface area is 199 Å². The molecule has 2 aliphatic rings. The summed E-state index contributed by atoms with van der Waals surface area (Å²) in [4.78, 5) is 48.1. The first kappa shape index (κ1) is 25.0. The predicted octanol–water partition coefficient (Wildman–Crippen LogP) is 2.76. The fourth-order valence-electron chi connectivity index (χ4n) is 3.47. The summed E-state index contributed by atoms with van der Waals surface area (Å²) in [5, 5.41) is 6.36. The summed E-state index contributed by atoms with van der Waals surface area (Å²) in [6.07, 6.45) is 4.67. The predicted molar refractivity (Wildman–Crippen MR) is 129 cm³/mol. The second-order valence-corrected chi connectivity index (χ2v) is 9.83. The smallest absolute Gasteiger partial charge is 0.329 e. The first-order valence-corrected chi connectivity index (χ1v) is 12.3. The number of rotatable bonds is 4. The third-order valence-corrected chi connectivity index (χ3v) is 6.77. The van der Waals surface area contributed by atoms with Crippen molar-refractivity contribution < 1.29 is 19.1 Å². The highest BCUT2D eigenvalue weighted by molar-refractivity contribution is 8.14. The topological polar surface area (TPSA) is 110 Å². The van der Waals surface area contributed by atoms with Gasteiger partial charge in [-0.2, -0.15) is 0 Å². The molecule has 0 radical (unpaired) electrons. The molecule has 0 saturated carbocycles. The first-order chi connectivity index (χ1) is 15.7. The number of carbonyl (C=O) groups is 3. The van der Waals surface area contributed by atoms with Crippen LogP contribution in [0.4, 0.5) is 0 Å². The Bertz CT molecular complexity index is 962. The molecule has 2 aliphatic heterocycles. The lowest BCUT2D eigenvalue weighted by Gasteiger charge is -2.27. The Morgan fingerprint density at radius 3 is 2.82 bits per heavy atom. The van der Waals surface area contributed by atoms with Gasteiger partial charge in [-0.05, 0) is 37.5 Å². The molecule has 1 aromatic heterocycles. The fourth-order valence-corrected chi connectivity index (χ4v) is 4.61. The van der Waals surface area contributed by atoms with Crippen molar-refractivity contribution in [3.63, 3.8) is 0 Å².